The Morgan fingerprint density at radius 3 is 2.40 bits per heavy atom. The van der Waals surface area contributed by atoms with Gasteiger partial charge < -0.3 is 5.11 Å². The molecule has 1 amide bonds. The van der Waals surface area contributed by atoms with Gasteiger partial charge in [0.15, 0.2) is 0 Å². The van der Waals surface area contributed by atoms with E-state index in [1.54, 1.807) is 12.1 Å². The van der Waals surface area contributed by atoms with E-state index in [1.807, 2.05) is 53.3 Å². The van der Waals surface area contributed by atoms with Gasteiger partial charge in [0.25, 0.3) is 5.91 Å². The van der Waals surface area contributed by atoms with E-state index in [1.165, 1.54) is 12.8 Å². The summed E-state index contributed by atoms with van der Waals surface area (Å²) in [5, 5.41) is 18.9. The van der Waals surface area contributed by atoms with E-state index in [-0.39, 0.29) is 23.6 Å². The molecular weight excluding hydrogens is 400 g/mol. The highest BCUT2D eigenvalue weighted by molar-refractivity contribution is 6.40. The van der Waals surface area contributed by atoms with Gasteiger partial charge in [-0.15, -0.1) is 0 Å². The Balaban J connectivity index is 1.65. The summed E-state index contributed by atoms with van der Waals surface area (Å²) in [5.74, 6) is -0.116. The number of amides is 1. The molecule has 158 valence electrons. The highest BCUT2D eigenvalue weighted by Gasteiger charge is 2.40. The molecule has 0 saturated carbocycles. The SMILES string of the molecule is C[C@@H]1C(C(=O)NN2CCCCCC2)=NN(c2ccccc2Cl)[C@H]1c1ccc(O)cc1. The van der Waals surface area contributed by atoms with Crippen LogP contribution >= 0.6 is 11.6 Å². The number of nitrogens with one attached hydrogen (secondary N) is 1. The van der Waals surface area contributed by atoms with Crippen LogP contribution in [0.4, 0.5) is 5.69 Å². The molecule has 0 spiro atoms. The summed E-state index contributed by atoms with van der Waals surface area (Å²) in [5.41, 5.74) is 5.26. The van der Waals surface area contributed by atoms with Gasteiger partial charge in [0.05, 0.1) is 16.8 Å². The van der Waals surface area contributed by atoms with Gasteiger partial charge in [0, 0.05) is 19.0 Å². The van der Waals surface area contributed by atoms with Crippen LogP contribution in [0.25, 0.3) is 0 Å². The van der Waals surface area contributed by atoms with Crippen molar-refractivity contribution in [2.45, 2.75) is 38.6 Å². The summed E-state index contributed by atoms with van der Waals surface area (Å²) in [6.07, 6.45) is 4.58. The molecule has 0 unspecified atom stereocenters. The van der Waals surface area contributed by atoms with Gasteiger partial charge in [-0.05, 0) is 42.7 Å². The number of hydrazine groups is 1. The summed E-state index contributed by atoms with van der Waals surface area (Å²) < 4.78 is 0. The number of halogens is 1. The topological polar surface area (TPSA) is 68.2 Å². The van der Waals surface area contributed by atoms with Crippen LogP contribution in [-0.2, 0) is 4.79 Å². The minimum atomic E-state index is -0.199. The van der Waals surface area contributed by atoms with Crippen molar-refractivity contribution in [1.29, 1.82) is 0 Å². The number of aromatic hydroxyl groups is 1. The minimum Gasteiger partial charge on any atom is -0.508 e. The van der Waals surface area contributed by atoms with Gasteiger partial charge >= 0.3 is 0 Å². The molecule has 4 rings (SSSR count). The molecule has 2 heterocycles. The fraction of sp³-hybridized carbons (Fsp3) is 0.391. The Bertz CT molecular complexity index is 923. The van der Waals surface area contributed by atoms with Crippen LogP contribution in [0, 0.1) is 5.92 Å². The fourth-order valence-electron chi connectivity index (χ4n) is 4.21. The van der Waals surface area contributed by atoms with Gasteiger partial charge in [0.1, 0.15) is 11.5 Å². The molecule has 2 atom stereocenters. The van der Waals surface area contributed by atoms with Crippen molar-refractivity contribution < 1.29 is 9.90 Å². The Morgan fingerprint density at radius 1 is 1.07 bits per heavy atom. The number of rotatable bonds is 4. The maximum Gasteiger partial charge on any atom is 0.282 e. The number of carbonyl (C=O) groups excluding carboxylic acids is 1. The summed E-state index contributed by atoms with van der Waals surface area (Å²) >= 11 is 6.47. The number of phenols is 1. The van der Waals surface area contributed by atoms with Crippen LogP contribution in [0.2, 0.25) is 5.02 Å². The van der Waals surface area contributed by atoms with Crippen molar-refractivity contribution in [3.63, 3.8) is 0 Å². The number of hydrogen-bond donors (Lipinski definition) is 2. The van der Waals surface area contributed by atoms with E-state index in [0.717, 1.165) is 37.2 Å². The van der Waals surface area contributed by atoms with Gasteiger partial charge in [0.2, 0.25) is 0 Å². The smallest absolute Gasteiger partial charge is 0.282 e. The fourth-order valence-corrected chi connectivity index (χ4v) is 4.43. The van der Waals surface area contributed by atoms with E-state index in [4.69, 9.17) is 16.7 Å². The summed E-state index contributed by atoms with van der Waals surface area (Å²) in [6, 6.07) is 14.3. The largest absolute Gasteiger partial charge is 0.508 e. The second kappa shape index (κ2) is 9.06. The van der Waals surface area contributed by atoms with Crippen molar-refractivity contribution in [1.82, 2.24) is 10.4 Å². The van der Waals surface area contributed by atoms with E-state index < -0.39 is 0 Å². The van der Waals surface area contributed by atoms with Gasteiger partial charge in [-0.2, -0.15) is 5.10 Å². The van der Waals surface area contributed by atoms with Crippen molar-refractivity contribution in [2.75, 3.05) is 18.1 Å². The lowest BCUT2D eigenvalue weighted by molar-refractivity contribution is -0.119. The van der Waals surface area contributed by atoms with E-state index in [9.17, 15) is 9.90 Å². The molecule has 6 nitrogen and oxygen atoms in total. The first-order chi connectivity index (χ1) is 14.5. The predicted octanol–water partition coefficient (Wildman–Crippen LogP) is 4.51. The normalized spacial score (nSPS) is 22.5. The molecule has 0 aromatic heterocycles. The standard InChI is InChI=1S/C23H27ClN4O2/c1-16-21(23(30)26-27-14-6-2-3-7-15-27)25-28(20-9-5-4-8-19(20)24)22(16)17-10-12-18(29)13-11-17/h4-5,8-13,16,22,29H,2-3,6-7,14-15H2,1H3,(H,26,30)/t16-,22-/m1/s1. The molecule has 2 aromatic rings. The van der Waals surface area contributed by atoms with Crippen LogP contribution in [0.3, 0.4) is 0 Å². The first kappa shape index (κ1) is 20.7. The number of hydrazone groups is 1. The summed E-state index contributed by atoms with van der Waals surface area (Å²) in [7, 11) is 0. The number of hydrogen-bond acceptors (Lipinski definition) is 5. The molecular formula is C23H27ClN4O2. The summed E-state index contributed by atoms with van der Waals surface area (Å²) in [4.78, 5) is 13.1. The lowest BCUT2D eigenvalue weighted by atomic mass is 9.91. The molecule has 2 aliphatic heterocycles. The maximum atomic E-state index is 13.1. The molecule has 2 aliphatic rings. The van der Waals surface area contributed by atoms with Crippen LogP contribution in [0.15, 0.2) is 53.6 Å². The van der Waals surface area contributed by atoms with Crippen LogP contribution < -0.4 is 10.4 Å². The van der Waals surface area contributed by atoms with E-state index in [2.05, 4.69) is 5.43 Å². The lowest BCUT2D eigenvalue weighted by Crippen LogP contribution is -2.46. The maximum absolute atomic E-state index is 13.1. The molecule has 0 aliphatic carbocycles. The monoisotopic (exact) mass is 426 g/mol. The Morgan fingerprint density at radius 2 is 1.73 bits per heavy atom. The molecule has 1 saturated heterocycles. The third kappa shape index (κ3) is 4.30. The second-order valence-corrected chi connectivity index (χ2v) is 8.36. The highest BCUT2D eigenvalue weighted by Crippen LogP contribution is 2.41. The Labute approximate surface area is 182 Å². The minimum absolute atomic E-state index is 0.155. The predicted molar refractivity (Wildman–Crippen MR) is 120 cm³/mol. The second-order valence-electron chi connectivity index (χ2n) is 7.95. The lowest BCUT2D eigenvalue weighted by Gasteiger charge is -2.27. The zero-order chi connectivity index (χ0) is 21.1. The van der Waals surface area contributed by atoms with Crippen LogP contribution in [-0.4, -0.2) is 34.8 Å². The number of phenolic OH excluding ortho intramolecular Hbond substituents is 1. The molecule has 1 fully saturated rings. The average molecular weight is 427 g/mol. The molecule has 0 bridgehead atoms. The first-order valence-electron chi connectivity index (χ1n) is 10.5. The number of nitrogens with zero attached hydrogens (tertiary/aromatic N) is 3. The molecule has 2 aromatic carbocycles. The Kier molecular flexibility index (Phi) is 6.25. The summed E-state index contributed by atoms with van der Waals surface area (Å²) in [6.45, 7) is 3.74. The zero-order valence-electron chi connectivity index (χ0n) is 17.1. The number of benzene rings is 2. The van der Waals surface area contributed by atoms with Crippen LogP contribution in [0.5, 0.6) is 5.75 Å². The van der Waals surface area contributed by atoms with E-state index >= 15 is 0 Å². The van der Waals surface area contributed by atoms with Gasteiger partial charge in [-0.25, -0.2) is 5.01 Å². The third-order valence-electron chi connectivity index (χ3n) is 5.82. The molecule has 2 N–H and O–H groups in total. The first-order valence-corrected chi connectivity index (χ1v) is 10.9. The number of carbonyl (C=O) groups is 1. The van der Waals surface area contributed by atoms with E-state index in [0.29, 0.717) is 10.7 Å². The van der Waals surface area contributed by atoms with Crippen molar-refractivity contribution >= 4 is 28.9 Å². The highest BCUT2D eigenvalue weighted by atomic mass is 35.5. The van der Waals surface area contributed by atoms with Crippen molar-refractivity contribution in [3.05, 3.63) is 59.1 Å². The van der Waals surface area contributed by atoms with Crippen molar-refractivity contribution in [3.8, 4) is 5.75 Å². The molecule has 30 heavy (non-hydrogen) atoms. The average Bonchev–Trinajstić information content (AvgIpc) is 2.89. The third-order valence-corrected chi connectivity index (χ3v) is 6.14. The number of para-hydroxylation sites is 1. The van der Waals surface area contributed by atoms with Gasteiger partial charge in [-0.1, -0.05) is 55.6 Å². The zero-order valence-corrected chi connectivity index (χ0v) is 17.8. The Hall–Kier alpha value is -2.57. The van der Waals surface area contributed by atoms with Crippen LogP contribution in [0.1, 0.15) is 44.2 Å². The quantitative estimate of drug-likeness (QED) is 0.754. The van der Waals surface area contributed by atoms with Gasteiger partial charge in [-0.3, -0.25) is 15.2 Å². The van der Waals surface area contributed by atoms with Crippen molar-refractivity contribution in [2.24, 2.45) is 11.0 Å². The molecule has 0 radical (unpaired) electrons. The number of anilines is 1. The molecule has 7 heteroatoms.